The van der Waals surface area contributed by atoms with Gasteiger partial charge < -0.3 is 24.5 Å². The summed E-state index contributed by atoms with van der Waals surface area (Å²) in [6.07, 6.45) is -0.844. The lowest BCUT2D eigenvalue weighted by atomic mass is 10.1. The Hall–Kier alpha value is -4.40. The summed E-state index contributed by atoms with van der Waals surface area (Å²) in [5, 5.41) is 12.1. The summed E-state index contributed by atoms with van der Waals surface area (Å²) in [5.41, 5.74) is 2.94. The number of benzene rings is 3. The number of alkyl halides is 1. The Kier molecular flexibility index (Phi) is 6.53. The zero-order valence-corrected chi connectivity index (χ0v) is 19.3. The fourth-order valence-corrected chi connectivity index (χ4v) is 4.26. The molecule has 8 nitrogen and oxygen atoms in total. The molecule has 1 aliphatic rings. The molecule has 9 heteroatoms. The fraction of sp³-hybridized carbons (Fsp3) is 0.222. The number of anilines is 2. The molecule has 0 radical (unpaired) electrons. The minimum Gasteiger partial charge on any atom is -0.491 e. The summed E-state index contributed by atoms with van der Waals surface area (Å²) in [6, 6.07) is 20.8. The highest BCUT2D eigenvalue weighted by molar-refractivity contribution is 5.87. The van der Waals surface area contributed by atoms with E-state index in [9.17, 15) is 14.0 Å². The molecule has 36 heavy (non-hydrogen) atoms. The van der Waals surface area contributed by atoms with E-state index in [1.54, 1.807) is 24.3 Å². The summed E-state index contributed by atoms with van der Waals surface area (Å²) < 4.78 is 25.8. The molecule has 184 valence electrons. The molecule has 2 heterocycles. The second kappa shape index (κ2) is 10.1. The van der Waals surface area contributed by atoms with E-state index in [2.05, 4.69) is 10.3 Å². The molecule has 0 spiro atoms. The van der Waals surface area contributed by atoms with E-state index in [0.29, 0.717) is 22.9 Å². The van der Waals surface area contributed by atoms with Crippen LogP contribution in [0.1, 0.15) is 22.3 Å². The summed E-state index contributed by atoms with van der Waals surface area (Å²) >= 11 is 0. The Balaban J connectivity index is 1.23. The molecular formula is C27H24FN3O5. The largest absolute Gasteiger partial charge is 0.491 e. The fourth-order valence-electron chi connectivity index (χ4n) is 4.26. The first kappa shape index (κ1) is 23.3. The van der Waals surface area contributed by atoms with Gasteiger partial charge in [-0.3, -0.25) is 4.79 Å². The lowest BCUT2D eigenvalue weighted by Gasteiger charge is -2.24. The Bertz CT molecular complexity index is 1370. The zero-order valence-electron chi connectivity index (χ0n) is 19.3. The second-order valence-corrected chi connectivity index (χ2v) is 8.66. The number of carboxylic acid groups (broad SMARTS) is 1. The Morgan fingerprint density at radius 1 is 1.11 bits per heavy atom. The number of aromatic nitrogens is 1. The van der Waals surface area contributed by atoms with Crippen LogP contribution in [-0.2, 0) is 11.2 Å². The van der Waals surface area contributed by atoms with Gasteiger partial charge in [-0.05, 0) is 54.1 Å². The van der Waals surface area contributed by atoms with Crippen LogP contribution in [0.25, 0.3) is 11.1 Å². The van der Waals surface area contributed by atoms with Crippen molar-refractivity contribution >= 4 is 34.7 Å². The van der Waals surface area contributed by atoms with Gasteiger partial charge in [0, 0.05) is 12.1 Å². The van der Waals surface area contributed by atoms with Crippen LogP contribution in [-0.4, -0.2) is 52.2 Å². The van der Waals surface area contributed by atoms with Crippen molar-refractivity contribution in [1.82, 2.24) is 9.88 Å². The van der Waals surface area contributed by atoms with Gasteiger partial charge in [0.15, 0.2) is 5.58 Å². The maximum absolute atomic E-state index is 14.2. The molecule has 5 rings (SSSR count). The molecule has 0 saturated carbocycles. The van der Waals surface area contributed by atoms with Gasteiger partial charge in [0.1, 0.15) is 24.0 Å². The minimum absolute atomic E-state index is 0.0144. The van der Waals surface area contributed by atoms with Crippen molar-refractivity contribution in [2.75, 3.05) is 18.5 Å². The lowest BCUT2D eigenvalue weighted by Crippen LogP contribution is -2.40. The molecule has 1 saturated heterocycles. The highest BCUT2D eigenvalue weighted by atomic mass is 19.1. The van der Waals surface area contributed by atoms with E-state index in [4.69, 9.17) is 14.3 Å². The summed E-state index contributed by atoms with van der Waals surface area (Å²) in [5.74, 6) is -0.765. The first-order valence-corrected chi connectivity index (χ1v) is 11.6. The number of hydrogen-bond acceptors (Lipinski definition) is 6. The predicted molar refractivity (Wildman–Crippen MR) is 131 cm³/mol. The van der Waals surface area contributed by atoms with Crippen LogP contribution in [0.4, 0.5) is 16.1 Å². The van der Waals surface area contributed by atoms with Crippen molar-refractivity contribution in [3.63, 3.8) is 0 Å². The molecule has 0 unspecified atom stereocenters. The molecule has 1 amide bonds. The van der Waals surface area contributed by atoms with Gasteiger partial charge in [0.05, 0.1) is 24.6 Å². The normalized spacial score (nSPS) is 17.3. The van der Waals surface area contributed by atoms with Crippen molar-refractivity contribution in [2.24, 2.45) is 0 Å². The number of carbonyl (C=O) groups is 2. The number of rotatable bonds is 8. The maximum Gasteiger partial charge on any atom is 0.335 e. The van der Waals surface area contributed by atoms with E-state index in [0.717, 1.165) is 11.3 Å². The van der Waals surface area contributed by atoms with Crippen LogP contribution >= 0.6 is 0 Å². The third kappa shape index (κ3) is 5.30. The summed E-state index contributed by atoms with van der Waals surface area (Å²) in [6.45, 7) is 0.134. The number of carboxylic acids is 1. The third-order valence-corrected chi connectivity index (χ3v) is 6.06. The number of aromatic carboxylic acids is 1. The van der Waals surface area contributed by atoms with Gasteiger partial charge in [-0.15, -0.1) is 0 Å². The number of nitrogens with zero attached hydrogens (tertiary/aromatic N) is 2. The molecule has 3 aromatic carbocycles. The van der Waals surface area contributed by atoms with Crippen LogP contribution in [0.3, 0.4) is 0 Å². The van der Waals surface area contributed by atoms with Crippen molar-refractivity contribution < 1.29 is 28.2 Å². The number of para-hydroxylation sites is 1. The molecular weight excluding hydrogens is 465 g/mol. The highest BCUT2D eigenvalue weighted by Gasteiger charge is 2.35. The summed E-state index contributed by atoms with van der Waals surface area (Å²) in [7, 11) is 0. The predicted octanol–water partition coefficient (Wildman–Crippen LogP) is 4.83. The van der Waals surface area contributed by atoms with E-state index >= 15 is 0 Å². The number of nitrogens with one attached hydrogen (secondary N) is 1. The molecule has 1 fully saturated rings. The van der Waals surface area contributed by atoms with Crippen molar-refractivity contribution in [1.29, 1.82) is 0 Å². The molecule has 1 aliphatic heterocycles. The van der Waals surface area contributed by atoms with Gasteiger partial charge in [0.25, 0.3) is 6.01 Å². The number of carbonyl (C=O) groups excluding carboxylic acids is 1. The number of halogens is 1. The van der Waals surface area contributed by atoms with E-state index in [1.165, 1.54) is 17.0 Å². The molecule has 4 aromatic rings. The van der Waals surface area contributed by atoms with Gasteiger partial charge in [-0.1, -0.05) is 24.3 Å². The third-order valence-electron chi connectivity index (χ3n) is 6.06. The van der Waals surface area contributed by atoms with Crippen LogP contribution in [0.2, 0.25) is 0 Å². The zero-order chi connectivity index (χ0) is 25.1. The van der Waals surface area contributed by atoms with E-state index < -0.39 is 18.2 Å². The number of likely N-dealkylation sites (tertiary alicyclic amines) is 1. The maximum atomic E-state index is 14.2. The van der Waals surface area contributed by atoms with E-state index in [-0.39, 0.29) is 37.5 Å². The second-order valence-electron chi connectivity index (χ2n) is 8.66. The quantitative estimate of drug-likeness (QED) is 0.365. The standard InChI is InChI=1S/C27H24FN3O5/c28-19-14-21(16-35-22-9-7-18(8-10-22)26(33)34)31(15-19)25(32)13-17-6-11-23-24(12-17)36-27(30-23)29-20-4-2-1-3-5-20/h1-12,19,21H,13-16H2,(H,29,30)(H,33,34)/t19-,21-/m0/s1. The van der Waals surface area contributed by atoms with Gasteiger partial charge in [-0.2, -0.15) is 4.98 Å². The van der Waals surface area contributed by atoms with E-state index in [1.807, 2.05) is 36.4 Å². The average molecular weight is 490 g/mol. The number of ether oxygens (including phenoxy) is 1. The van der Waals surface area contributed by atoms with Gasteiger partial charge >= 0.3 is 5.97 Å². The smallest absolute Gasteiger partial charge is 0.335 e. The molecule has 0 bridgehead atoms. The van der Waals surface area contributed by atoms with Crippen molar-refractivity contribution in [2.45, 2.75) is 25.1 Å². The van der Waals surface area contributed by atoms with Crippen LogP contribution in [0.15, 0.2) is 77.2 Å². The topological polar surface area (TPSA) is 105 Å². The molecule has 0 aliphatic carbocycles. The SMILES string of the molecule is O=C(O)c1ccc(OC[C@@H]2C[C@H](F)CN2C(=O)Cc2ccc3nc(Nc4ccccc4)oc3c2)cc1. The Labute approximate surface area is 206 Å². The number of amides is 1. The average Bonchev–Trinajstić information content (AvgIpc) is 3.45. The van der Waals surface area contributed by atoms with Crippen LogP contribution < -0.4 is 10.1 Å². The lowest BCUT2D eigenvalue weighted by molar-refractivity contribution is -0.132. The van der Waals surface area contributed by atoms with Crippen LogP contribution in [0, 0.1) is 0 Å². The molecule has 1 aromatic heterocycles. The number of fused-ring (bicyclic) bond motifs is 1. The summed E-state index contributed by atoms with van der Waals surface area (Å²) in [4.78, 5) is 30.0. The first-order valence-electron chi connectivity index (χ1n) is 11.6. The van der Waals surface area contributed by atoms with Gasteiger partial charge in [0.2, 0.25) is 5.91 Å². The monoisotopic (exact) mass is 489 g/mol. The number of oxazole rings is 1. The highest BCUT2D eigenvalue weighted by Crippen LogP contribution is 2.26. The minimum atomic E-state index is -1.12. The Morgan fingerprint density at radius 3 is 2.64 bits per heavy atom. The van der Waals surface area contributed by atoms with Crippen molar-refractivity contribution in [3.05, 3.63) is 83.9 Å². The number of hydrogen-bond donors (Lipinski definition) is 2. The van der Waals surface area contributed by atoms with Crippen LogP contribution in [0.5, 0.6) is 5.75 Å². The molecule has 2 atom stereocenters. The first-order chi connectivity index (χ1) is 17.4. The molecule has 2 N–H and O–H groups in total. The van der Waals surface area contributed by atoms with Gasteiger partial charge in [-0.25, -0.2) is 9.18 Å². The van der Waals surface area contributed by atoms with Crippen molar-refractivity contribution in [3.8, 4) is 5.75 Å². The Morgan fingerprint density at radius 2 is 1.89 bits per heavy atom.